The first-order valence-electron chi connectivity index (χ1n) is 7.40. The van der Waals surface area contributed by atoms with Crippen LogP contribution in [-0.2, 0) is 6.42 Å². The molecule has 0 radical (unpaired) electrons. The lowest BCUT2D eigenvalue weighted by Crippen LogP contribution is -2.20. The van der Waals surface area contributed by atoms with Crippen molar-refractivity contribution in [3.8, 4) is 0 Å². The average Bonchev–Trinajstić information content (AvgIpc) is 2.76. The van der Waals surface area contributed by atoms with E-state index in [-0.39, 0.29) is 12.1 Å². The van der Waals surface area contributed by atoms with Gasteiger partial charge in [-0.3, -0.25) is 0 Å². The Kier molecular flexibility index (Phi) is 4.04. The van der Waals surface area contributed by atoms with Gasteiger partial charge in [0.2, 0.25) is 0 Å². The van der Waals surface area contributed by atoms with E-state index in [9.17, 15) is 0 Å². The predicted octanol–water partition coefficient (Wildman–Crippen LogP) is 5.05. The molecule has 1 aromatic heterocycles. The summed E-state index contributed by atoms with van der Waals surface area (Å²) < 4.78 is 2.38. The van der Waals surface area contributed by atoms with Gasteiger partial charge in [0, 0.05) is 27.5 Å². The molecule has 0 spiro atoms. The Morgan fingerprint density at radius 2 is 2.05 bits per heavy atom. The molecule has 0 saturated carbocycles. The lowest BCUT2D eigenvalue weighted by atomic mass is 9.93. The lowest BCUT2D eigenvalue weighted by Gasteiger charge is -2.25. The summed E-state index contributed by atoms with van der Waals surface area (Å²) in [6.07, 6.45) is 3.32. The van der Waals surface area contributed by atoms with Crippen LogP contribution in [0.3, 0.4) is 0 Å². The van der Waals surface area contributed by atoms with Gasteiger partial charge in [-0.05, 0) is 62.4 Å². The average molecular weight is 323 g/mol. The molecule has 2 N–H and O–H groups in total. The lowest BCUT2D eigenvalue weighted by molar-refractivity contribution is 0.522. The molecular formula is C17H20Cl2N2. The number of benzene rings is 1. The van der Waals surface area contributed by atoms with E-state index in [1.165, 1.54) is 17.0 Å². The van der Waals surface area contributed by atoms with Crippen molar-refractivity contribution in [3.63, 3.8) is 0 Å². The number of hydrogen-bond acceptors (Lipinski definition) is 1. The largest absolute Gasteiger partial charge is 0.341 e. The third-order valence-corrected chi connectivity index (χ3v) is 5.06. The number of hydrogen-bond donors (Lipinski definition) is 1. The van der Waals surface area contributed by atoms with Crippen molar-refractivity contribution in [1.82, 2.24) is 4.57 Å². The van der Waals surface area contributed by atoms with E-state index in [1.54, 1.807) is 0 Å². The van der Waals surface area contributed by atoms with Crippen molar-refractivity contribution in [2.45, 2.75) is 45.2 Å². The van der Waals surface area contributed by atoms with Gasteiger partial charge in [-0.1, -0.05) is 29.3 Å². The van der Waals surface area contributed by atoms with Crippen LogP contribution in [0.5, 0.6) is 0 Å². The molecule has 1 heterocycles. The fourth-order valence-electron chi connectivity index (χ4n) is 3.48. The molecule has 0 saturated heterocycles. The maximum absolute atomic E-state index is 6.38. The topological polar surface area (TPSA) is 30.9 Å². The summed E-state index contributed by atoms with van der Waals surface area (Å²) in [7, 11) is 0. The smallest absolute Gasteiger partial charge is 0.0571 e. The van der Waals surface area contributed by atoms with Gasteiger partial charge < -0.3 is 10.3 Å². The number of aryl methyl sites for hydroxylation is 1. The zero-order valence-corrected chi connectivity index (χ0v) is 13.9. The van der Waals surface area contributed by atoms with Crippen LogP contribution in [-0.4, -0.2) is 4.57 Å². The van der Waals surface area contributed by atoms with Gasteiger partial charge in [-0.2, -0.15) is 0 Å². The molecule has 1 aliphatic rings. The van der Waals surface area contributed by atoms with Gasteiger partial charge in [-0.15, -0.1) is 0 Å². The van der Waals surface area contributed by atoms with E-state index in [4.69, 9.17) is 28.9 Å². The standard InChI is InChI=1S/C17H20Cl2N2/c1-10-8-14-16(20)4-3-5-17(14)21(10)11(2)13-7-6-12(18)9-15(13)19/h6-9,11,16H,3-5,20H2,1-2H3. The Labute approximate surface area is 135 Å². The second-order valence-electron chi connectivity index (χ2n) is 5.90. The highest BCUT2D eigenvalue weighted by Gasteiger charge is 2.25. The Hall–Kier alpha value is -0.960. The Morgan fingerprint density at radius 3 is 2.76 bits per heavy atom. The summed E-state index contributed by atoms with van der Waals surface area (Å²) in [5.74, 6) is 0. The first kappa shape index (κ1) is 15.0. The second kappa shape index (κ2) is 5.68. The van der Waals surface area contributed by atoms with E-state index in [0.717, 1.165) is 29.8 Å². The minimum atomic E-state index is 0.168. The van der Waals surface area contributed by atoms with Crippen molar-refractivity contribution in [1.29, 1.82) is 0 Å². The molecule has 1 aromatic carbocycles. The van der Waals surface area contributed by atoms with Gasteiger partial charge in [0.05, 0.1) is 6.04 Å². The summed E-state index contributed by atoms with van der Waals surface area (Å²) >= 11 is 12.4. The zero-order valence-electron chi connectivity index (χ0n) is 12.4. The third kappa shape index (κ3) is 2.61. The summed E-state index contributed by atoms with van der Waals surface area (Å²) in [5.41, 5.74) is 11.3. The SMILES string of the molecule is Cc1cc2c(n1C(C)c1ccc(Cl)cc1Cl)CCCC2N. The Balaban J connectivity index is 2.08. The molecular weight excluding hydrogens is 303 g/mol. The summed E-state index contributed by atoms with van der Waals surface area (Å²) in [5, 5.41) is 1.39. The van der Waals surface area contributed by atoms with Gasteiger partial charge in [0.25, 0.3) is 0 Å². The molecule has 2 nitrogen and oxygen atoms in total. The van der Waals surface area contributed by atoms with E-state index >= 15 is 0 Å². The zero-order chi connectivity index (χ0) is 15.1. The molecule has 0 aliphatic heterocycles. The van der Waals surface area contributed by atoms with E-state index < -0.39 is 0 Å². The minimum Gasteiger partial charge on any atom is -0.341 e. The van der Waals surface area contributed by atoms with Crippen LogP contribution in [0.15, 0.2) is 24.3 Å². The van der Waals surface area contributed by atoms with Crippen LogP contribution >= 0.6 is 23.2 Å². The van der Waals surface area contributed by atoms with Crippen LogP contribution in [0.25, 0.3) is 0 Å². The highest BCUT2D eigenvalue weighted by atomic mass is 35.5. The molecule has 2 unspecified atom stereocenters. The van der Waals surface area contributed by atoms with Crippen LogP contribution in [0.4, 0.5) is 0 Å². The molecule has 0 bridgehead atoms. The van der Waals surface area contributed by atoms with Crippen LogP contribution in [0, 0.1) is 6.92 Å². The number of aromatic nitrogens is 1. The normalized spacial score (nSPS) is 19.4. The molecule has 0 fully saturated rings. The van der Waals surface area contributed by atoms with E-state index in [1.807, 2.05) is 18.2 Å². The first-order chi connectivity index (χ1) is 9.99. The predicted molar refractivity (Wildman–Crippen MR) is 89.3 cm³/mol. The number of nitrogens with zero attached hydrogens (tertiary/aromatic N) is 1. The van der Waals surface area contributed by atoms with Crippen LogP contribution in [0.2, 0.25) is 10.0 Å². The van der Waals surface area contributed by atoms with Crippen molar-refractivity contribution in [2.24, 2.45) is 5.73 Å². The van der Waals surface area contributed by atoms with Gasteiger partial charge in [0.15, 0.2) is 0 Å². The molecule has 4 heteroatoms. The van der Waals surface area contributed by atoms with Crippen molar-refractivity contribution in [2.75, 3.05) is 0 Å². The maximum atomic E-state index is 6.38. The fraction of sp³-hybridized carbons (Fsp3) is 0.412. The van der Waals surface area contributed by atoms with Crippen molar-refractivity contribution in [3.05, 3.63) is 56.8 Å². The third-order valence-electron chi connectivity index (χ3n) is 4.50. The quantitative estimate of drug-likeness (QED) is 0.824. The Bertz CT molecular complexity index is 676. The molecule has 2 atom stereocenters. The molecule has 2 aromatic rings. The summed E-state index contributed by atoms with van der Waals surface area (Å²) in [6.45, 7) is 4.33. The number of fused-ring (bicyclic) bond motifs is 1. The molecule has 1 aliphatic carbocycles. The monoisotopic (exact) mass is 322 g/mol. The van der Waals surface area contributed by atoms with Crippen LogP contribution < -0.4 is 5.73 Å². The van der Waals surface area contributed by atoms with Crippen molar-refractivity contribution >= 4 is 23.2 Å². The van der Waals surface area contributed by atoms with Gasteiger partial charge >= 0.3 is 0 Å². The Morgan fingerprint density at radius 1 is 1.29 bits per heavy atom. The fourth-order valence-corrected chi connectivity index (χ4v) is 4.05. The molecule has 21 heavy (non-hydrogen) atoms. The summed E-state index contributed by atoms with van der Waals surface area (Å²) in [4.78, 5) is 0. The number of rotatable bonds is 2. The minimum absolute atomic E-state index is 0.168. The molecule has 112 valence electrons. The maximum Gasteiger partial charge on any atom is 0.0571 e. The number of halogens is 2. The highest BCUT2D eigenvalue weighted by Crippen LogP contribution is 2.36. The molecule has 3 rings (SSSR count). The van der Waals surface area contributed by atoms with Gasteiger partial charge in [-0.25, -0.2) is 0 Å². The first-order valence-corrected chi connectivity index (χ1v) is 8.15. The molecule has 0 amide bonds. The van der Waals surface area contributed by atoms with Gasteiger partial charge in [0.1, 0.15) is 0 Å². The van der Waals surface area contributed by atoms with E-state index in [0.29, 0.717) is 5.02 Å². The highest BCUT2D eigenvalue weighted by molar-refractivity contribution is 6.35. The second-order valence-corrected chi connectivity index (χ2v) is 6.74. The van der Waals surface area contributed by atoms with Crippen LogP contribution in [0.1, 0.15) is 54.4 Å². The summed E-state index contributed by atoms with van der Waals surface area (Å²) in [6, 6.07) is 8.32. The number of nitrogens with two attached hydrogens (primary N) is 1. The van der Waals surface area contributed by atoms with E-state index in [2.05, 4.69) is 24.5 Å². The van der Waals surface area contributed by atoms with Crippen molar-refractivity contribution < 1.29 is 0 Å².